The Kier molecular flexibility index (Phi) is 6.71. The number of hydrogen-bond acceptors (Lipinski definition) is 4. The number of hydrogen-bond donors (Lipinski definition) is 1. The Bertz CT molecular complexity index is 959. The summed E-state index contributed by atoms with van der Waals surface area (Å²) in [4.78, 5) is 12.4. The van der Waals surface area contributed by atoms with E-state index in [1.165, 1.54) is 22.5 Å². The number of carbonyl (C=O) groups excluding carboxylic acids is 1. The van der Waals surface area contributed by atoms with Crippen molar-refractivity contribution >= 4 is 27.7 Å². The molecule has 2 aromatic rings. The van der Waals surface area contributed by atoms with Gasteiger partial charge < -0.3 is 10.1 Å². The monoisotopic (exact) mass is 414 g/mol. The lowest BCUT2D eigenvalue weighted by Gasteiger charge is -2.29. The Morgan fingerprint density at radius 3 is 2.28 bits per heavy atom. The number of nitrogens with one attached hydrogen (secondary N) is 1. The van der Waals surface area contributed by atoms with E-state index in [-0.39, 0.29) is 10.8 Å². The first-order chi connectivity index (χ1) is 13.9. The van der Waals surface area contributed by atoms with Gasteiger partial charge in [-0.2, -0.15) is 4.31 Å². The van der Waals surface area contributed by atoms with Gasteiger partial charge in [-0.25, -0.2) is 8.42 Å². The van der Waals surface area contributed by atoms with E-state index in [1.54, 1.807) is 25.3 Å². The molecule has 1 aliphatic rings. The van der Waals surface area contributed by atoms with Crippen molar-refractivity contribution in [1.82, 2.24) is 4.31 Å². The zero-order valence-electron chi connectivity index (χ0n) is 16.7. The summed E-state index contributed by atoms with van der Waals surface area (Å²) in [7, 11) is -1.89. The molecule has 0 unspecified atom stereocenters. The van der Waals surface area contributed by atoms with E-state index in [4.69, 9.17) is 4.74 Å². The fourth-order valence-electron chi connectivity index (χ4n) is 3.16. The molecule has 0 atom stereocenters. The molecule has 7 heteroatoms. The molecule has 1 saturated heterocycles. The van der Waals surface area contributed by atoms with Gasteiger partial charge in [-0.15, -0.1) is 0 Å². The lowest BCUT2D eigenvalue weighted by molar-refractivity contribution is -0.111. The van der Waals surface area contributed by atoms with Crippen LogP contribution in [0.2, 0.25) is 0 Å². The lowest BCUT2D eigenvalue weighted by Crippen LogP contribution is -2.37. The second-order valence-electron chi connectivity index (χ2n) is 7.21. The maximum Gasteiger partial charge on any atom is 0.248 e. The number of rotatable bonds is 6. The number of nitrogens with zero attached hydrogens (tertiary/aromatic N) is 1. The zero-order chi connectivity index (χ0) is 20.9. The van der Waals surface area contributed by atoms with E-state index in [2.05, 4.69) is 12.2 Å². The van der Waals surface area contributed by atoms with E-state index < -0.39 is 10.0 Å². The highest BCUT2D eigenvalue weighted by Crippen LogP contribution is 2.24. The quantitative estimate of drug-likeness (QED) is 0.730. The molecule has 0 bridgehead atoms. The molecule has 0 saturated carbocycles. The summed E-state index contributed by atoms with van der Waals surface area (Å²) in [5, 5.41) is 2.74. The molecule has 154 valence electrons. The number of ether oxygens (including phenoxy) is 1. The molecule has 1 N–H and O–H groups in total. The van der Waals surface area contributed by atoms with Crippen molar-refractivity contribution in [3.05, 3.63) is 60.2 Å². The van der Waals surface area contributed by atoms with Crippen LogP contribution in [0.1, 0.15) is 25.3 Å². The number of benzene rings is 2. The number of anilines is 1. The summed E-state index contributed by atoms with van der Waals surface area (Å²) in [6.45, 7) is 3.25. The van der Waals surface area contributed by atoms with Gasteiger partial charge in [0.2, 0.25) is 15.9 Å². The van der Waals surface area contributed by atoms with Gasteiger partial charge in [-0.3, -0.25) is 4.79 Å². The number of sulfonamides is 1. The van der Waals surface area contributed by atoms with E-state index in [0.29, 0.717) is 24.7 Å². The summed E-state index contributed by atoms with van der Waals surface area (Å²) in [5.74, 6) is 1.02. The van der Waals surface area contributed by atoms with E-state index >= 15 is 0 Å². The minimum absolute atomic E-state index is 0.249. The second kappa shape index (κ2) is 9.24. The minimum atomic E-state index is -3.49. The minimum Gasteiger partial charge on any atom is -0.497 e. The molecule has 1 fully saturated rings. The number of carbonyl (C=O) groups is 1. The van der Waals surface area contributed by atoms with Crippen LogP contribution in [0.4, 0.5) is 5.69 Å². The topological polar surface area (TPSA) is 75.7 Å². The van der Waals surface area contributed by atoms with Crippen LogP contribution in [-0.2, 0) is 14.8 Å². The smallest absolute Gasteiger partial charge is 0.248 e. The Balaban J connectivity index is 1.60. The molecular weight excluding hydrogens is 388 g/mol. The summed E-state index contributed by atoms with van der Waals surface area (Å²) < 4.78 is 32.1. The van der Waals surface area contributed by atoms with Crippen molar-refractivity contribution in [2.24, 2.45) is 5.92 Å². The highest BCUT2D eigenvalue weighted by molar-refractivity contribution is 7.89. The second-order valence-corrected chi connectivity index (χ2v) is 9.14. The molecule has 1 aliphatic heterocycles. The molecule has 0 aliphatic carbocycles. The molecule has 3 rings (SSSR count). The van der Waals surface area contributed by atoms with Crippen LogP contribution in [0.25, 0.3) is 6.08 Å². The Morgan fingerprint density at radius 2 is 1.69 bits per heavy atom. The van der Waals surface area contributed by atoms with Gasteiger partial charge in [0.15, 0.2) is 0 Å². The standard InChI is InChI=1S/C22H26N2O4S/c1-17-13-15-24(16-14-17)29(26,27)21-10-6-19(7-11-21)23-22(25)12-5-18-3-8-20(28-2)9-4-18/h3-12,17H,13-16H2,1-2H3,(H,23,25)/b12-5+. The molecule has 1 heterocycles. The van der Waals surface area contributed by atoms with Crippen molar-refractivity contribution in [3.63, 3.8) is 0 Å². The van der Waals surface area contributed by atoms with Crippen molar-refractivity contribution in [2.45, 2.75) is 24.7 Å². The fourth-order valence-corrected chi connectivity index (χ4v) is 4.63. The normalized spacial score (nSPS) is 16.1. The summed E-state index contributed by atoms with van der Waals surface area (Å²) in [6, 6.07) is 13.6. The van der Waals surface area contributed by atoms with Crippen LogP contribution in [0, 0.1) is 5.92 Å². The molecule has 0 spiro atoms. The van der Waals surface area contributed by atoms with Gasteiger partial charge >= 0.3 is 0 Å². The van der Waals surface area contributed by atoms with Gasteiger partial charge in [0, 0.05) is 24.9 Å². The molecule has 0 aromatic heterocycles. The average molecular weight is 415 g/mol. The Hall–Kier alpha value is -2.64. The molecule has 1 amide bonds. The predicted molar refractivity (Wildman–Crippen MR) is 114 cm³/mol. The molecule has 6 nitrogen and oxygen atoms in total. The van der Waals surface area contributed by atoms with Gasteiger partial charge in [0.1, 0.15) is 5.75 Å². The zero-order valence-corrected chi connectivity index (χ0v) is 17.5. The molecular formula is C22H26N2O4S. The van der Waals surface area contributed by atoms with Gasteiger partial charge in [-0.1, -0.05) is 19.1 Å². The van der Waals surface area contributed by atoms with Crippen molar-refractivity contribution in [3.8, 4) is 5.75 Å². The third-order valence-corrected chi connectivity index (χ3v) is 6.96. The highest BCUT2D eigenvalue weighted by Gasteiger charge is 2.27. The summed E-state index contributed by atoms with van der Waals surface area (Å²) >= 11 is 0. The van der Waals surface area contributed by atoms with Crippen LogP contribution in [0.3, 0.4) is 0 Å². The van der Waals surface area contributed by atoms with Crippen LogP contribution < -0.4 is 10.1 Å². The van der Waals surface area contributed by atoms with E-state index in [0.717, 1.165) is 24.2 Å². The van der Waals surface area contributed by atoms with Gasteiger partial charge in [0.25, 0.3) is 0 Å². The van der Waals surface area contributed by atoms with Crippen molar-refractivity contribution in [2.75, 3.05) is 25.5 Å². The van der Waals surface area contributed by atoms with Crippen molar-refractivity contribution < 1.29 is 17.9 Å². The van der Waals surface area contributed by atoms with Gasteiger partial charge in [-0.05, 0) is 66.8 Å². The van der Waals surface area contributed by atoms with Crippen LogP contribution in [0.5, 0.6) is 5.75 Å². The maximum absolute atomic E-state index is 12.8. The predicted octanol–water partition coefficient (Wildman–Crippen LogP) is 3.77. The first kappa shape index (κ1) is 21.1. The van der Waals surface area contributed by atoms with Crippen LogP contribution in [-0.4, -0.2) is 38.8 Å². The fraction of sp³-hybridized carbons (Fsp3) is 0.318. The number of piperidine rings is 1. The van der Waals surface area contributed by atoms with E-state index in [1.807, 2.05) is 24.3 Å². The van der Waals surface area contributed by atoms with Crippen molar-refractivity contribution in [1.29, 1.82) is 0 Å². The van der Waals surface area contributed by atoms with E-state index in [9.17, 15) is 13.2 Å². The molecule has 29 heavy (non-hydrogen) atoms. The Labute approximate surface area is 172 Å². The summed E-state index contributed by atoms with van der Waals surface area (Å²) in [6.07, 6.45) is 4.90. The van der Waals surface area contributed by atoms with Crippen LogP contribution >= 0.6 is 0 Å². The Morgan fingerprint density at radius 1 is 1.07 bits per heavy atom. The SMILES string of the molecule is COc1ccc(/C=C/C(=O)Nc2ccc(S(=O)(=O)N3CCC(C)CC3)cc2)cc1. The molecule has 0 radical (unpaired) electrons. The number of amides is 1. The van der Waals surface area contributed by atoms with Crippen LogP contribution in [0.15, 0.2) is 59.5 Å². The number of methoxy groups -OCH3 is 1. The highest BCUT2D eigenvalue weighted by atomic mass is 32.2. The maximum atomic E-state index is 12.8. The lowest BCUT2D eigenvalue weighted by atomic mass is 10.0. The summed E-state index contributed by atoms with van der Waals surface area (Å²) in [5.41, 5.74) is 1.42. The third kappa shape index (κ3) is 5.46. The first-order valence-corrected chi connectivity index (χ1v) is 11.1. The largest absolute Gasteiger partial charge is 0.497 e. The molecule has 2 aromatic carbocycles. The third-order valence-electron chi connectivity index (χ3n) is 5.05. The first-order valence-electron chi connectivity index (χ1n) is 9.62. The average Bonchev–Trinajstić information content (AvgIpc) is 2.73. The van der Waals surface area contributed by atoms with Gasteiger partial charge in [0.05, 0.1) is 12.0 Å².